The number of nitrogens with zero attached hydrogens (tertiary/aromatic N) is 2. The summed E-state index contributed by atoms with van der Waals surface area (Å²) in [6, 6.07) is 1.61. The van der Waals surface area contributed by atoms with Gasteiger partial charge in [0.05, 0.1) is 16.9 Å². The Labute approximate surface area is 139 Å². The minimum Gasteiger partial charge on any atom is -0.488 e. The van der Waals surface area contributed by atoms with Crippen LogP contribution in [0.5, 0.6) is 5.75 Å². The fourth-order valence-corrected chi connectivity index (χ4v) is 4.48. The summed E-state index contributed by atoms with van der Waals surface area (Å²) in [7, 11) is -1.13. The maximum atomic E-state index is 14.0. The summed E-state index contributed by atoms with van der Waals surface area (Å²) < 4.78 is 45.4. The highest BCUT2D eigenvalue weighted by Gasteiger charge is 2.33. The van der Waals surface area contributed by atoms with Crippen LogP contribution in [0.3, 0.4) is 0 Å². The van der Waals surface area contributed by atoms with Gasteiger partial charge in [0.1, 0.15) is 0 Å². The Morgan fingerprint density at radius 2 is 2.21 bits per heavy atom. The third-order valence-electron chi connectivity index (χ3n) is 4.01. The van der Waals surface area contributed by atoms with Gasteiger partial charge in [0, 0.05) is 19.2 Å². The zero-order chi connectivity index (χ0) is 17.9. The highest BCUT2D eigenvalue weighted by atomic mass is 32.2. The fraction of sp³-hybridized carbons (Fsp3) is 0.571. The molecule has 24 heavy (non-hydrogen) atoms. The minimum absolute atomic E-state index is 0.150. The number of hydrogen-bond donors (Lipinski definition) is 1. The number of ether oxygens (including phenoxy) is 1. The minimum atomic E-state index is -4.01. The molecule has 10 heteroatoms. The monoisotopic (exact) mass is 361 g/mol. The van der Waals surface area contributed by atoms with E-state index in [0.717, 1.165) is 25.7 Å². The van der Waals surface area contributed by atoms with Gasteiger partial charge in [0.25, 0.3) is 0 Å². The van der Waals surface area contributed by atoms with Gasteiger partial charge in [-0.25, -0.2) is 12.8 Å². The molecule has 1 atom stereocenters. The zero-order valence-corrected chi connectivity index (χ0v) is 14.3. The summed E-state index contributed by atoms with van der Waals surface area (Å²) >= 11 is 0. The van der Waals surface area contributed by atoms with Crippen molar-refractivity contribution in [3.8, 4) is 5.75 Å². The van der Waals surface area contributed by atoms with E-state index in [1.807, 2.05) is 0 Å². The smallest absolute Gasteiger partial charge is 0.315 e. The summed E-state index contributed by atoms with van der Waals surface area (Å²) in [5, 5.41) is 14.1. The highest BCUT2D eigenvalue weighted by Crippen LogP contribution is 2.34. The molecule has 1 heterocycles. The first kappa shape index (κ1) is 18.6. The lowest BCUT2D eigenvalue weighted by atomic mass is 10.00. The third-order valence-corrected chi connectivity index (χ3v) is 5.85. The van der Waals surface area contributed by atoms with Gasteiger partial charge in [-0.1, -0.05) is 0 Å². The summed E-state index contributed by atoms with van der Waals surface area (Å²) in [6.07, 6.45) is 1.58. The first-order valence-electron chi connectivity index (χ1n) is 7.48. The van der Waals surface area contributed by atoms with E-state index in [1.54, 1.807) is 7.05 Å². The molecule has 0 saturated carbocycles. The van der Waals surface area contributed by atoms with Crippen molar-refractivity contribution in [2.24, 2.45) is 5.92 Å². The molecule has 1 aromatic rings. The van der Waals surface area contributed by atoms with Crippen molar-refractivity contribution in [1.29, 1.82) is 0 Å². The number of hydrogen-bond acceptors (Lipinski definition) is 6. The van der Waals surface area contributed by atoms with E-state index in [9.17, 15) is 22.9 Å². The van der Waals surface area contributed by atoms with Gasteiger partial charge in [-0.05, 0) is 38.4 Å². The lowest BCUT2D eigenvalue weighted by molar-refractivity contribution is -0.386. The molecular formula is C14H20FN3O5S. The molecule has 0 radical (unpaired) electrons. The molecule has 0 spiro atoms. The molecule has 1 aromatic carbocycles. The Bertz CT molecular complexity index is 723. The van der Waals surface area contributed by atoms with Crippen LogP contribution in [0.15, 0.2) is 17.0 Å². The van der Waals surface area contributed by atoms with Crippen LogP contribution in [0.1, 0.15) is 12.8 Å². The maximum absolute atomic E-state index is 14.0. The second-order valence-electron chi connectivity index (χ2n) is 5.64. The van der Waals surface area contributed by atoms with Crippen molar-refractivity contribution >= 4 is 15.7 Å². The van der Waals surface area contributed by atoms with Gasteiger partial charge < -0.3 is 10.1 Å². The molecule has 0 aliphatic carbocycles. The van der Waals surface area contributed by atoms with Crippen molar-refractivity contribution in [3.63, 3.8) is 0 Å². The van der Waals surface area contributed by atoms with Crippen molar-refractivity contribution in [3.05, 3.63) is 28.1 Å². The number of nitro groups is 1. The number of methoxy groups -OCH3 is 1. The Hall–Kier alpha value is -1.78. The van der Waals surface area contributed by atoms with Crippen LogP contribution in [0.25, 0.3) is 0 Å². The van der Waals surface area contributed by atoms with Crippen LogP contribution in [-0.2, 0) is 10.0 Å². The van der Waals surface area contributed by atoms with Crippen LogP contribution in [-0.4, -0.2) is 51.4 Å². The van der Waals surface area contributed by atoms with E-state index in [2.05, 4.69) is 10.1 Å². The highest BCUT2D eigenvalue weighted by molar-refractivity contribution is 7.89. The van der Waals surface area contributed by atoms with Gasteiger partial charge >= 0.3 is 5.69 Å². The summed E-state index contributed by atoms with van der Waals surface area (Å²) in [6.45, 7) is 1.28. The number of nitro benzene ring substituents is 1. The summed E-state index contributed by atoms with van der Waals surface area (Å²) in [4.78, 5) is 9.77. The van der Waals surface area contributed by atoms with E-state index < -0.39 is 37.1 Å². The third kappa shape index (κ3) is 3.65. The first-order chi connectivity index (χ1) is 11.3. The largest absolute Gasteiger partial charge is 0.488 e. The van der Waals surface area contributed by atoms with Crippen LogP contribution < -0.4 is 10.1 Å². The van der Waals surface area contributed by atoms with E-state index in [1.165, 1.54) is 4.31 Å². The van der Waals surface area contributed by atoms with E-state index in [4.69, 9.17) is 0 Å². The topological polar surface area (TPSA) is 102 Å². The van der Waals surface area contributed by atoms with Gasteiger partial charge in [-0.3, -0.25) is 10.1 Å². The van der Waals surface area contributed by atoms with Crippen molar-refractivity contribution in [2.45, 2.75) is 17.7 Å². The lowest BCUT2D eigenvalue weighted by Crippen LogP contribution is -2.42. The molecule has 1 unspecified atom stereocenters. The molecule has 1 saturated heterocycles. The van der Waals surface area contributed by atoms with Crippen LogP contribution in [0.2, 0.25) is 0 Å². The quantitative estimate of drug-likeness (QED) is 0.606. The van der Waals surface area contributed by atoms with Crippen LogP contribution >= 0.6 is 0 Å². The number of rotatable bonds is 6. The Morgan fingerprint density at radius 1 is 1.50 bits per heavy atom. The number of nitrogens with one attached hydrogen (secondary N) is 1. The predicted molar refractivity (Wildman–Crippen MR) is 85.0 cm³/mol. The average Bonchev–Trinajstić information content (AvgIpc) is 2.54. The number of sulfonamides is 1. The van der Waals surface area contributed by atoms with Crippen LogP contribution in [0, 0.1) is 21.8 Å². The summed E-state index contributed by atoms with van der Waals surface area (Å²) in [5.74, 6) is -1.50. The molecule has 0 bridgehead atoms. The molecule has 8 nitrogen and oxygen atoms in total. The molecule has 1 aliphatic rings. The van der Waals surface area contributed by atoms with Gasteiger partial charge in [-0.15, -0.1) is 0 Å². The van der Waals surface area contributed by atoms with Crippen molar-refractivity contribution in [1.82, 2.24) is 9.62 Å². The Balaban J connectivity index is 2.40. The summed E-state index contributed by atoms with van der Waals surface area (Å²) in [5.41, 5.74) is -0.708. The number of benzene rings is 1. The second kappa shape index (κ2) is 7.41. The molecule has 0 amide bonds. The molecular weight excluding hydrogens is 341 g/mol. The molecule has 1 aliphatic heterocycles. The second-order valence-corrected chi connectivity index (χ2v) is 7.58. The Morgan fingerprint density at radius 3 is 2.79 bits per heavy atom. The zero-order valence-electron chi connectivity index (χ0n) is 13.5. The molecule has 1 N–H and O–H groups in total. The number of halogens is 1. The van der Waals surface area contributed by atoms with E-state index >= 15 is 0 Å². The van der Waals surface area contributed by atoms with Crippen molar-refractivity contribution < 1.29 is 22.5 Å². The van der Waals surface area contributed by atoms with Gasteiger partial charge in [0.2, 0.25) is 15.8 Å². The van der Waals surface area contributed by atoms with Gasteiger partial charge in [-0.2, -0.15) is 4.31 Å². The van der Waals surface area contributed by atoms with Gasteiger partial charge in [0.15, 0.2) is 5.82 Å². The molecule has 0 aromatic heterocycles. The predicted octanol–water partition coefficient (Wildman–Crippen LogP) is 1.36. The molecule has 2 rings (SSSR count). The van der Waals surface area contributed by atoms with Crippen LogP contribution in [0.4, 0.5) is 10.1 Å². The molecule has 1 fully saturated rings. The molecule has 134 valence electrons. The fourth-order valence-electron chi connectivity index (χ4n) is 2.89. The van der Waals surface area contributed by atoms with E-state index in [0.29, 0.717) is 26.1 Å². The standard InChI is InChI=1S/C14H20FN3O5S/c1-16-8-10-4-3-5-17(9-10)24(21,22)11-6-12(15)14(23-2)13(7-11)18(19)20/h6-7,10,16H,3-5,8-9H2,1-2H3. The lowest BCUT2D eigenvalue weighted by Gasteiger charge is -2.31. The Kier molecular flexibility index (Phi) is 5.73. The normalized spacial score (nSPS) is 19.2. The number of piperidine rings is 1. The SMILES string of the molecule is CNCC1CCCN(S(=O)(=O)c2cc(F)c(OC)c([N+](=O)[O-])c2)C1. The van der Waals surface area contributed by atoms with Crippen molar-refractivity contribution in [2.75, 3.05) is 33.8 Å². The average molecular weight is 361 g/mol. The first-order valence-corrected chi connectivity index (χ1v) is 8.92. The maximum Gasteiger partial charge on any atom is 0.315 e. The van der Waals surface area contributed by atoms with E-state index in [-0.39, 0.29) is 5.92 Å².